The van der Waals surface area contributed by atoms with E-state index in [1.165, 1.54) is 0 Å². The van der Waals surface area contributed by atoms with Crippen LogP contribution in [0, 0.1) is 11.6 Å². The van der Waals surface area contributed by atoms with E-state index in [1.54, 1.807) is 0 Å². The van der Waals surface area contributed by atoms with Crippen molar-refractivity contribution in [3.63, 3.8) is 0 Å². The normalized spacial score (nSPS) is 11.0. The first-order chi connectivity index (χ1) is 12.1. The molecule has 0 saturated heterocycles. The highest BCUT2D eigenvalue weighted by Gasteiger charge is 2.11. The van der Waals surface area contributed by atoms with Gasteiger partial charge in [-0.15, -0.1) is 11.8 Å². The molecule has 2 aromatic carbocycles. The molecule has 0 radical (unpaired) electrons. The second-order valence-corrected chi connectivity index (χ2v) is 6.42. The number of fused-ring (bicyclic) bond motifs is 1. The van der Waals surface area contributed by atoms with Crippen LogP contribution in [-0.4, -0.2) is 21.2 Å². The summed E-state index contributed by atoms with van der Waals surface area (Å²) in [7, 11) is 0. The van der Waals surface area contributed by atoms with E-state index in [-0.39, 0.29) is 23.1 Å². The molecule has 4 nitrogen and oxygen atoms in total. The molecule has 0 saturated carbocycles. The number of hydrogen-bond donors (Lipinski definition) is 1. The first-order valence-corrected chi connectivity index (χ1v) is 8.85. The van der Waals surface area contributed by atoms with Crippen molar-refractivity contribution in [2.75, 3.05) is 5.75 Å². The van der Waals surface area contributed by atoms with Gasteiger partial charge in [-0.25, -0.2) is 13.8 Å². The first kappa shape index (κ1) is 17.4. The van der Waals surface area contributed by atoms with Gasteiger partial charge in [-0.2, -0.15) is 0 Å². The van der Waals surface area contributed by atoms with Crippen molar-refractivity contribution in [2.24, 2.45) is 0 Å². The van der Waals surface area contributed by atoms with Crippen LogP contribution in [0.5, 0.6) is 0 Å². The topological polar surface area (TPSA) is 46.9 Å². The van der Waals surface area contributed by atoms with Gasteiger partial charge < -0.3 is 9.88 Å². The van der Waals surface area contributed by atoms with Gasteiger partial charge in [0.2, 0.25) is 5.91 Å². The molecule has 25 heavy (non-hydrogen) atoms. The lowest BCUT2D eigenvalue weighted by atomic mass is 10.3. The quantitative estimate of drug-likeness (QED) is 0.681. The molecule has 3 rings (SSSR count). The number of para-hydroxylation sites is 2. The maximum absolute atomic E-state index is 13.6. The highest BCUT2D eigenvalue weighted by molar-refractivity contribution is 8.00. The fraction of sp³-hybridized carbons (Fsp3) is 0.222. The Kier molecular flexibility index (Phi) is 5.33. The van der Waals surface area contributed by atoms with Crippen LogP contribution in [0.1, 0.15) is 12.7 Å². The Hall–Kier alpha value is -2.41. The molecule has 0 fully saturated rings. The zero-order chi connectivity index (χ0) is 17.8. The summed E-state index contributed by atoms with van der Waals surface area (Å²) in [5, 5.41) is 2.78. The van der Waals surface area contributed by atoms with Crippen LogP contribution in [-0.2, 0) is 17.9 Å². The maximum Gasteiger partial charge on any atom is 0.230 e. The Morgan fingerprint density at radius 2 is 2.04 bits per heavy atom. The Balaban J connectivity index is 1.62. The van der Waals surface area contributed by atoms with Gasteiger partial charge in [-0.1, -0.05) is 12.1 Å². The molecule has 7 heteroatoms. The summed E-state index contributed by atoms with van der Waals surface area (Å²) >= 11 is 0.965. The lowest BCUT2D eigenvalue weighted by Crippen LogP contribution is -2.26. The van der Waals surface area contributed by atoms with Crippen LogP contribution in [0.25, 0.3) is 11.0 Å². The van der Waals surface area contributed by atoms with Gasteiger partial charge in [0.15, 0.2) is 0 Å². The average molecular weight is 361 g/mol. The SMILES string of the molecule is CCn1c(CNC(=O)CSc2cc(F)ccc2F)nc2ccccc21. The highest BCUT2D eigenvalue weighted by Crippen LogP contribution is 2.22. The zero-order valence-corrected chi connectivity index (χ0v) is 14.4. The van der Waals surface area contributed by atoms with Gasteiger partial charge in [0.05, 0.1) is 23.3 Å². The van der Waals surface area contributed by atoms with E-state index in [1.807, 2.05) is 35.8 Å². The molecule has 1 heterocycles. The fourth-order valence-corrected chi connectivity index (χ4v) is 3.36. The van der Waals surface area contributed by atoms with Crippen LogP contribution in [0.15, 0.2) is 47.4 Å². The summed E-state index contributed by atoms with van der Waals surface area (Å²) in [6.45, 7) is 3.05. The number of amides is 1. The number of carbonyl (C=O) groups excluding carboxylic acids is 1. The Morgan fingerprint density at radius 3 is 2.84 bits per heavy atom. The van der Waals surface area contributed by atoms with Gasteiger partial charge in [-0.3, -0.25) is 4.79 Å². The van der Waals surface area contributed by atoms with Crippen LogP contribution < -0.4 is 5.32 Å². The third-order valence-electron chi connectivity index (χ3n) is 3.75. The summed E-state index contributed by atoms with van der Waals surface area (Å²) in [5.41, 5.74) is 1.90. The number of carbonyl (C=O) groups is 1. The van der Waals surface area contributed by atoms with E-state index in [2.05, 4.69) is 10.3 Å². The maximum atomic E-state index is 13.6. The van der Waals surface area contributed by atoms with E-state index in [9.17, 15) is 13.6 Å². The predicted octanol–water partition coefficient (Wildman–Crippen LogP) is 3.74. The molecule has 0 aliphatic carbocycles. The lowest BCUT2D eigenvalue weighted by molar-refractivity contribution is -0.118. The van der Waals surface area contributed by atoms with Gasteiger partial charge in [-0.05, 0) is 37.3 Å². The molecule has 0 bridgehead atoms. The summed E-state index contributed by atoms with van der Waals surface area (Å²) < 4.78 is 28.7. The third-order valence-corrected chi connectivity index (χ3v) is 4.78. The van der Waals surface area contributed by atoms with Crippen molar-refractivity contribution in [3.8, 4) is 0 Å². The van der Waals surface area contributed by atoms with Gasteiger partial charge in [0.1, 0.15) is 17.5 Å². The van der Waals surface area contributed by atoms with Crippen molar-refractivity contribution in [3.05, 3.63) is 59.9 Å². The molecule has 0 unspecified atom stereocenters. The molecule has 1 amide bonds. The minimum absolute atomic E-state index is 0.00667. The van der Waals surface area contributed by atoms with Gasteiger partial charge >= 0.3 is 0 Å². The molecule has 1 aromatic heterocycles. The molecule has 3 aromatic rings. The minimum Gasteiger partial charge on any atom is -0.348 e. The molecule has 130 valence electrons. The van der Waals surface area contributed by atoms with Crippen molar-refractivity contribution in [1.29, 1.82) is 0 Å². The van der Waals surface area contributed by atoms with Crippen LogP contribution in [0.2, 0.25) is 0 Å². The summed E-state index contributed by atoms with van der Waals surface area (Å²) in [6, 6.07) is 11.0. The highest BCUT2D eigenvalue weighted by atomic mass is 32.2. The number of rotatable bonds is 6. The van der Waals surface area contributed by atoms with E-state index in [4.69, 9.17) is 0 Å². The minimum atomic E-state index is -0.535. The third kappa shape index (κ3) is 3.99. The predicted molar refractivity (Wildman–Crippen MR) is 94.3 cm³/mol. The number of aromatic nitrogens is 2. The number of hydrogen-bond acceptors (Lipinski definition) is 3. The van der Waals surface area contributed by atoms with Crippen LogP contribution >= 0.6 is 11.8 Å². The second-order valence-electron chi connectivity index (χ2n) is 5.40. The van der Waals surface area contributed by atoms with E-state index in [0.717, 1.165) is 53.4 Å². The van der Waals surface area contributed by atoms with E-state index in [0.29, 0.717) is 0 Å². The van der Waals surface area contributed by atoms with Crippen molar-refractivity contribution >= 4 is 28.7 Å². The summed E-state index contributed by atoms with van der Waals surface area (Å²) in [6.07, 6.45) is 0. The number of benzene rings is 2. The number of nitrogens with zero attached hydrogens (tertiary/aromatic N) is 2. The number of thioether (sulfide) groups is 1. The zero-order valence-electron chi connectivity index (χ0n) is 13.6. The molecular formula is C18H17F2N3OS. The molecule has 0 aliphatic rings. The number of halogens is 2. The average Bonchev–Trinajstić information content (AvgIpc) is 2.98. The first-order valence-electron chi connectivity index (χ1n) is 7.87. The van der Waals surface area contributed by atoms with E-state index >= 15 is 0 Å². The largest absolute Gasteiger partial charge is 0.348 e. The van der Waals surface area contributed by atoms with Crippen LogP contribution in [0.3, 0.4) is 0 Å². The van der Waals surface area contributed by atoms with Crippen LogP contribution in [0.4, 0.5) is 8.78 Å². The van der Waals surface area contributed by atoms with Gasteiger partial charge in [0, 0.05) is 11.4 Å². The Bertz CT molecular complexity index is 910. The molecule has 0 atom stereocenters. The monoisotopic (exact) mass is 361 g/mol. The summed E-state index contributed by atoms with van der Waals surface area (Å²) in [4.78, 5) is 16.7. The van der Waals surface area contributed by atoms with Crippen molar-refractivity contribution in [1.82, 2.24) is 14.9 Å². The standard InChI is InChI=1S/C18H17F2N3OS/c1-2-23-15-6-4-3-5-14(15)22-17(23)10-21-18(24)11-25-16-9-12(19)7-8-13(16)20/h3-9H,2,10-11H2,1H3,(H,21,24). The molecular weight excluding hydrogens is 344 g/mol. The second kappa shape index (κ2) is 7.65. The molecule has 1 N–H and O–H groups in total. The lowest BCUT2D eigenvalue weighted by Gasteiger charge is -2.08. The van der Waals surface area contributed by atoms with Gasteiger partial charge in [0.25, 0.3) is 0 Å². The van der Waals surface area contributed by atoms with E-state index < -0.39 is 11.6 Å². The Morgan fingerprint density at radius 1 is 1.24 bits per heavy atom. The molecule has 0 aliphatic heterocycles. The smallest absolute Gasteiger partial charge is 0.230 e. The number of nitrogens with one attached hydrogen (secondary N) is 1. The summed E-state index contributed by atoms with van der Waals surface area (Å²) in [5.74, 6) is -0.553. The fourth-order valence-electron chi connectivity index (χ4n) is 2.57. The number of aryl methyl sites for hydroxylation is 1. The van der Waals surface area contributed by atoms with Crippen molar-refractivity contribution < 1.29 is 13.6 Å². The number of imidazole rings is 1. The Labute approximate surface area is 148 Å². The van der Waals surface area contributed by atoms with Crippen molar-refractivity contribution in [2.45, 2.75) is 24.9 Å². The molecule has 0 spiro atoms.